The van der Waals surface area contributed by atoms with E-state index >= 15 is 0 Å². The number of rotatable bonds is 8. The van der Waals surface area contributed by atoms with Gasteiger partial charge >= 0.3 is 11.9 Å². The lowest BCUT2D eigenvalue weighted by Gasteiger charge is -2.24. The fourth-order valence-electron chi connectivity index (χ4n) is 2.40. The molecule has 0 aromatic heterocycles. The van der Waals surface area contributed by atoms with E-state index in [-0.39, 0.29) is 19.2 Å². The van der Waals surface area contributed by atoms with E-state index in [4.69, 9.17) is 5.53 Å². The van der Waals surface area contributed by atoms with Crippen molar-refractivity contribution in [2.24, 2.45) is 5.11 Å². The molecule has 1 aromatic rings. The summed E-state index contributed by atoms with van der Waals surface area (Å²) >= 11 is 0. The molecule has 10 nitrogen and oxygen atoms in total. The van der Waals surface area contributed by atoms with Crippen molar-refractivity contribution in [3.8, 4) is 0 Å². The molecule has 0 aliphatic heterocycles. The number of alkyl halides is 3. The van der Waals surface area contributed by atoms with Crippen molar-refractivity contribution in [3.63, 3.8) is 0 Å². The van der Waals surface area contributed by atoms with Crippen LogP contribution in [0.4, 0.5) is 35.9 Å². The van der Waals surface area contributed by atoms with Crippen molar-refractivity contribution < 1.29 is 23.0 Å². The lowest BCUT2D eigenvalue weighted by Crippen LogP contribution is -2.26. The summed E-state index contributed by atoms with van der Waals surface area (Å²) in [6, 6.07) is 0.168. The average Bonchev–Trinajstić information content (AvgIpc) is 2.54. The highest BCUT2D eigenvalue weighted by Gasteiger charge is 2.43. The fourth-order valence-corrected chi connectivity index (χ4v) is 2.40. The molecule has 0 saturated carbocycles. The lowest BCUT2D eigenvalue weighted by atomic mass is 10.1. The summed E-state index contributed by atoms with van der Waals surface area (Å²) in [5.41, 5.74) is 2.61. The third-order valence-corrected chi connectivity index (χ3v) is 3.54. The molecule has 142 valence electrons. The van der Waals surface area contributed by atoms with Crippen molar-refractivity contribution >= 4 is 22.7 Å². The van der Waals surface area contributed by atoms with Crippen molar-refractivity contribution in [3.05, 3.63) is 42.3 Å². The third kappa shape index (κ3) is 4.30. The van der Waals surface area contributed by atoms with Gasteiger partial charge in [-0.25, -0.2) is 0 Å². The SMILES string of the molecule is CCCCN(CC)c1c([N+](=O)[O-])cc(C(F)(F)F)c(N=[N+]=[N-])c1[N+](=O)[O-]. The quantitative estimate of drug-likeness (QED) is 0.204. The number of azide groups is 1. The molecule has 0 amide bonds. The first-order valence-electron chi connectivity index (χ1n) is 7.47. The van der Waals surface area contributed by atoms with Crippen LogP contribution in [0.25, 0.3) is 10.4 Å². The Labute approximate surface area is 145 Å². The Hall–Kier alpha value is -3.08. The minimum atomic E-state index is -5.18. The maximum absolute atomic E-state index is 13.2. The van der Waals surface area contributed by atoms with Crippen LogP contribution in [0, 0.1) is 20.2 Å². The van der Waals surface area contributed by atoms with Crippen molar-refractivity contribution in [1.82, 2.24) is 0 Å². The Morgan fingerprint density at radius 3 is 2.27 bits per heavy atom. The highest BCUT2D eigenvalue weighted by Crippen LogP contribution is 2.50. The van der Waals surface area contributed by atoms with Crippen LogP contribution in [-0.4, -0.2) is 22.9 Å². The number of nitro groups is 2. The van der Waals surface area contributed by atoms with E-state index in [1.54, 1.807) is 6.92 Å². The van der Waals surface area contributed by atoms with E-state index in [1.807, 2.05) is 6.92 Å². The molecule has 0 N–H and O–H groups in total. The number of nitrogens with zero attached hydrogens (tertiary/aromatic N) is 6. The Morgan fingerprint density at radius 1 is 1.27 bits per heavy atom. The molecule has 1 rings (SSSR count). The van der Waals surface area contributed by atoms with Gasteiger partial charge in [-0.1, -0.05) is 18.5 Å². The van der Waals surface area contributed by atoms with E-state index in [0.717, 1.165) is 0 Å². The van der Waals surface area contributed by atoms with Crippen LogP contribution in [0.1, 0.15) is 32.3 Å². The van der Waals surface area contributed by atoms with Gasteiger partial charge in [-0.15, -0.1) is 0 Å². The number of benzene rings is 1. The second-order valence-electron chi connectivity index (χ2n) is 5.12. The first-order valence-corrected chi connectivity index (χ1v) is 7.47. The summed E-state index contributed by atoms with van der Waals surface area (Å²) in [6.45, 7) is 3.58. The second-order valence-corrected chi connectivity index (χ2v) is 5.12. The van der Waals surface area contributed by atoms with Crippen molar-refractivity contribution in [2.75, 3.05) is 18.0 Å². The number of unbranched alkanes of at least 4 members (excludes halogenated alkanes) is 1. The first kappa shape index (κ1) is 21.0. The van der Waals surface area contributed by atoms with Gasteiger partial charge in [-0.05, 0) is 18.9 Å². The summed E-state index contributed by atoms with van der Waals surface area (Å²) in [6.07, 6.45) is -4.03. The van der Waals surface area contributed by atoms with E-state index < -0.39 is 44.3 Å². The monoisotopic (exact) mass is 376 g/mol. The third-order valence-electron chi connectivity index (χ3n) is 3.54. The van der Waals surface area contributed by atoms with Gasteiger partial charge < -0.3 is 4.90 Å². The second kappa shape index (κ2) is 8.34. The molecular weight excluding hydrogens is 361 g/mol. The molecule has 0 heterocycles. The molecule has 13 heteroatoms. The first-order chi connectivity index (χ1) is 12.1. The lowest BCUT2D eigenvalue weighted by molar-refractivity contribution is -0.392. The van der Waals surface area contributed by atoms with Crippen LogP contribution in [0.15, 0.2) is 11.2 Å². The Morgan fingerprint density at radius 2 is 1.88 bits per heavy atom. The minimum absolute atomic E-state index is 0.0722. The summed E-state index contributed by atoms with van der Waals surface area (Å²) in [7, 11) is 0. The van der Waals surface area contributed by atoms with E-state index in [9.17, 15) is 33.4 Å². The minimum Gasteiger partial charge on any atom is -0.361 e. The van der Waals surface area contributed by atoms with E-state index in [2.05, 4.69) is 10.0 Å². The van der Waals surface area contributed by atoms with Gasteiger partial charge in [0.25, 0.3) is 5.69 Å². The predicted molar refractivity (Wildman–Crippen MR) is 86.4 cm³/mol. The van der Waals surface area contributed by atoms with Crippen LogP contribution in [0.5, 0.6) is 0 Å². The summed E-state index contributed by atoms with van der Waals surface area (Å²) < 4.78 is 39.7. The zero-order valence-electron chi connectivity index (χ0n) is 13.9. The molecule has 0 aliphatic carbocycles. The standard InChI is InChI=1S/C13H15F3N6O4/c1-3-5-6-20(4-2)11-9(21(23)24)7-8(13(14,15)16)10(18-19-17)12(11)22(25)26/h7H,3-6H2,1-2H3. The number of nitro benzene ring substituents is 2. The Bertz CT molecular complexity index is 761. The molecule has 0 radical (unpaired) electrons. The normalized spacial score (nSPS) is 11.0. The van der Waals surface area contributed by atoms with Crippen LogP contribution in [0.3, 0.4) is 0 Å². The molecule has 0 aliphatic rings. The van der Waals surface area contributed by atoms with Crippen molar-refractivity contribution in [2.45, 2.75) is 32.9 Å². The molecule has 0 atom stereocenters. The van der Waals surface area contributed by atoms with Gasteiger partial charge in [0.05, 0.1) is 15.4 Å². The number of hydrogen-bond acceptors (Lipinski definition) is 6. The van der Waals surface area contributed by atoms with E-state index in [0.29, 0.717) is 12.8 Å². The Kier molecular flexibility index (Phi) is 6.72. The summed E-state index contributed by atoms with van der Waals surface area (Å²) in [5.74, 6) is 0. The van der Waals surface area contributed by atoms with Gasteiger partial charge in [0, 0.05) is 24.1 Å². The molecule has 0 saturated heterocycles. The van der Waals surface area contributed by atoms with Gasteiger partial charge in [0.15, 0.2) is 5.69 Å². The predicted octanol–water partition coefficient (Wildman–Crippen LogP) is 5.09. The molecule has 0 spiro atoms. The van der Waals surface area contributed by atoms with Gasteiger partial charge in [0.1, 0.15) is 5.69 Å². The molecule has 0 fully saturated rings. The zero-order chi connectivity index (χ0) is 20.1. The average molecular weight is 376 g/mol. The highest BCUT2D eigenvalue weighted by atomic mass is 19.4. The summed E-state index contributed by atoms with van der Waals surface area (Å²) in [4.78, 5) is 23.9. The fraction of sp³-hybridized carbons (Fsp3) is 0.538. The Balaban J connectivity index is 4.02. The molecule has 0 bridgehead atoms. The van der Waals surface area contributed by atoms with Crippen LogP contribution in [0.2, 0.25) is 0 Å². The van der Waals surface area contributed by atoms with Crippen LogP contribution in [-0.2, 0) is 6.18 Å². The maximum Gasteiger partial charge on any atom is 0.417 e. The van der Waals surface area contributed by atoms with Gasteiger partial charge in [-0.3, -0.25) is 20.2 Å². The zero-order valence-corrected chi connectivity index (χ0v) is 13.9. The smallest absolute Gasteiger partial charge is 0.361 e. The molecule has 1 aromatic carbocycles. The molecular formula is C13H15F3N6O4. The molecule has 26 heavy (non-hydrogen) atoms. The van der Waals surface area contributed by atoms with E-state index in [1.165, 1.54) is 4.90 Å². The molecule has 0 unspecified atom stereocenters. The highest BCUT2D eigenvalue weighted by molar-refractivity contribution is 5.85. The van der Waals surface area contributed by atoms with Crippen LogP contribution >= 0.6 is 0 Å². The number of hydrogen-bond donors (Lipinski definition) is 0. The van der Waals surface area contributed by atoms with Gasteiger partial charge in [0.2, 0.25) is 0 Å². The van der Waals surface area contributed by atoms with Crippen LogP contribution < -0.4 is 4.90 Å². The topological polar surface area (TPSA) is 138 Å². The number of halogens is 3. The number of anilines is 1. The van der Waals surface area contributed by atoms with Gasteiger partial charge in [-0.2, -0.15) is 13.2 Å². The maximum atomic E-state index is 13.2. The largest absolute Gasteiger partial charge is 0.417 e. The van der Waals surface area contributed by atoms with Crippen molar-refractivity contribution in [1.29, 1.82) is 0 Å². The summed E-state index contributed by atoms with van der Waals surface area (Å²) in [5, 5.41) is 25.6.